The number of nitrogens with one attached hydrogen (secondary N) is 1. The number of carbonyl (C=O) groups excluding carboxylic acids is 1. The highest BCUT2D eigenvalue weighted by Gasteiger charge is 2.14. The lowest BCUT2D eigenvalue weighted by Gasteiger charge is -2.19. The van der Waals surface area contributed by atoms with E-state index in [1.807, 2.05) is 26.1 Å². The van der Waals surface area contributed by atoms with Gasteiger partial charge in [-0.1, -0.05) is 13.8 Å². The van der Waals surface area contributed by atoms with Gasteiger partial charge >= 0.3 is 0 Å². The largest absolute Gasteiger partial charge is 0.353 e. The highest BCUT2D eigenvalue weighted by molar-refractivity contribution is 5.79. The summed E-state index contributed by atoms with van der Waals surface area (Å²) in [7, 11) is 0. The van der Waals surface area contributed by atoms with Crippen molar-refractivity contribution in [2.24, 2.45) is 0 Å². The summed E-state index contributed by atoms with van der Waals surface area (Å²) in [6.07, 6.45) is 1.84. The second kappa shape index (κ2) is 7.16. The summed E-state index contributed by atoms with van der Waals surface area (Å²) in [5.74, 6) is 0.0188. The number of aryl methyl sites for hydroxylation is 1. The molecule has 0 radical (unpaired) electrons. The molecule has 1 aromatic heterocycles. The van der Waals surface area contributed by atoms with Gasteiger partial charge in [-0.3, -0.25) is 9.48 Å². The third-order valence-corrected chi connectivity index (χ3v) is 3.14. The molecule has 5 nitrogen and oxygen atoms in total. The zero-order valence-electron chi connectivity index (χ0n) is 11.8. The topological polar surface area (TPSA) is 50.2 Å². The van der Waals surface area contributed by atoms with E-state index in [-0.39, 0.29) is 11.9 Å². The fourth-order valence-corrected chi connectivity index (χ4v) is 1.79. The van der Waals surface area contributed by atoms with Crippen molar-refractivity contribution in [2.75, 3.05) is 26.2 Å². The van der Waals surface area contributed by atoms with Gasteiger partial charge in [-0.25, -0.2) is 0 Å². The Kier molecular flexibility index (Phi) is 5.85. The predicted molar refractivity (Wildman–Crippen MR) is 72.5 cm³/mol. The molecule has 0 aliphatic rings. The van der Waals surface area contributed by atoms with Crippen LogP contribution < -0.4 is 5.32 Å². The smallest absolute Gasteiger partial charge is 0.244 e. The third-order valence-electron chi connectivity index (χ3n) is 3.14. The van der Waals surface area contributed by atoms with Crippen LogP contribution >= 0.6 is 0 Å². The highest BCUT2D eigenvalue weighted by atomic mass is 16.2. The van der Waals surface area contributed by atoms with Crippen molar-refractivity contribution in [1.82, 2.24) is 20.0 Å². The molecule has 1 aromatic rings. The van der Waals surface area contributed by atoms with Gasteiger partial charge in [0.05, 0.1) is 5.69 Å². The number of hydrogen-bond acceptors (Lipinski definition) is 3. The number of hydrogen-bond donors (Lipinski definition) is 1. The van der Waals surface area contributed by atoms with Crippen LogP contribution in [0, 0.1) is 6.92 Å². The maximum atomic E-state index is 11.9. The molecule has 1 amide bonds. The Morgan fingerprint density at radius 1 is 1.50 bits per heavy atom. The van der Waals surface area contributed by atoms with Gasteiger partial charge in [0, 0.05) is 19.3 Å². The van der Waals surface area contributed by atoms with Gasteiger partial charge in [-0.15, -0.1) is 0 Å². The van der Waals surface area contributed by atoms with E-state index in [0.717, 1.165) is 25.3 Å². The molecule has 5 heteroatoms. The summed E-state index contributed by atoms with van der Waals surface area (Å²) < 4.78 is 1.70. The lowest BCUT2D eigenvalue weighted by Crippen LogP contribution is -2.37. The van der Waals surface area contributed by atoms with Crippen LogP contribution in [-0.2, 0) is 4.79 Å². The molecule has 0 saturated carbocycles. The van der Waals surface area contributed by atoms with Gasteiger partial charge in [0.1, 0.15) is 6.04 Å². The molecule has 1 heterocycles. The standard InChI is InChI=1S/C13H24N4O/c1-5-16(6-2)10-8-14-13(18)12(4)17-9-7-11(3)15-17/h7,9,12H,5-6,8,10H2,1-4H3,(H,14,18). The number of nitrogens with zero attached hydrogens (tertiary/aromatic N) is 3. The number of aromatic nitrogens is 2. The van der Waals surface area contributed by atoms with E-state index >= 15 is 0 Å². The van der Waals surface area contributed by atoms with Crippen LogP contribution in [0.5, 0.6) is 0 Å². The SMILES string of the molecule is CCN(CC)CCNC(=O)C(C)n1ccc(C)n1. The second-order valence-electron chi connectivity index (χ2n) is 4.43. The van der Waals surface area contributed by atoms with Crippen molar-refractivity contribution in [1.29, 1.82) is 0 Å². The molecule has 0 fully saturated rings. The first-order chi connectivity index (χ1) is 8.58. The normalized spacial score (nSPS) is 12.7. The van der Waals surface area contributed by atoms with E-state index in [9.17, 15) is 4.79 Å². The number of rotatable bonds is 7. The van der Waals surface area contributed by atoms with Crippen molar-refractivity contribution >= 4 is 5.91 Å². The Morgan fingerprint density at radius 3 is 2.67 bits per heavy atom. The molecule has 0 saturated heterocycles. The molecule has 0 aliphatic heterocycles. The summed E-state index contributed by atoms with van der Waals surface area (Å²) in [4.78, 5) is 14.2. The van der Waals surface area contributed by atoms with E-state index in [0.29, 0.717) is 6.54 Å². The van der Waals surface area contributed by atoms with Crippen LogP contribution in [-0.4, -0.2) is 46.8 Å². The molecule has 102 valence electrons. The van der Waals surface area contributed by atoms with Crippen LogP contribution in [0.1, 0.15) is 32.5 Å². The van der Waals surface area contributed by atoms with Gasteiger partial charge in [0.15, 0.2) is 0 Å². The van der Waals surface area contributed by atoms with E-state index in [1.165, 1.54) is 0 Å². The van der Waals surface area contributed by atoms with Gasteiger partial charge in [-0.2, -0.15) is 5.10 Å². The molecular weight excluding hydrogens is 228 g/mol. The summed E-state index contributed by atoms with van der Waals surface area (Å²) in [6.45, 7) is 11.6. The van der Waals surface area contributed by atoms with Crippen molar-refractivity contribution in [2.45, 2.75) is 33.7 Å². The molecule has 1 unspecified atom stereocenters. The van der Waals surface area contributed by atoms with Crippen LogP contribution in [0.2, 0.25) is 0 Å². The quantitative estimate of drug-likeness (QED) is 0.793. The third kappa shape index (κ3) is 4.14. The van der Waals surface area contributed by atoms with Gasteiger partial charge in [-0.05, 0) is 33.0 Å². The van der Waals surface area contributed by atoms with Crippen LogP contribution in [0.3, 0.4) is 0 Å². The predicted octanol–water partition coefficient (Wildman–Crippen LogP) is 1.21. The monoisotopic (exact) mass is 252 g/mol. The van der Waals surface area contributed by atoms with Crippen LogP contribution in [0.4, 0.5) is 0 Å². The highest BCUT2D eigenvalue weighted by Crippen LogP contribution is 2.04. The molecule has 0 bridgehead atoms. The van der Waals surface area contributed by atoms with Gasteiger partial charge in [0.25, 0.3) is 0 Å². The number of carbonyl (C=O) groups is 1. The lowest BCUT2D eigenvalue weighted by atomic mass is 10.3. The molecule has 1 rings (SSSR count). The average molecular weight is 252 g/mol. The van der Waals surface area contributed by atoms with Crippen molar-refractivity contribution < 1.29 is 4.79 Å². The molecule has 18 heavy (non-hydrogen) atoms. The minimum atomic E-state index is -0.254. The fraction of sp³-hybridized carbons (Fsp3) is 0.692. The van der Waals surface area contributed by atoms with E-state index in [2.05, 4.69) is 29.2 Å². The summed E-state index contributed by atoms with van der Waals surface area (Å²) >= 11 is 0. The average Bonchev–Trinajstić information content (AvgIpc) is 2.80. The van der Waals surface area contributed by atoms with Crippen LogP contribution in [0.15, 0.2) is 12.3 Å². The molecular formula is C13H24N4O. The number of amides is 1. The zero-order valence-corrected chi connectivity index (χ0v) is 11.8. The van der Waals surface area contributed by atoms with Crippen molar-refractivity contribution in [3.8, 4) is 0 Å². The minimum Gasteiger partial charge on any atom is -0.353 e. The maximum absolute atomic E-state index is 11.9. The first-order valence-electron chi connectivity index (χ1n) is 6.60. The van der Waals surface area contributed by atoms with Crippen LogP contribution in [0.25, 0.3) is 0 Å². The summed E-state index contributed by atoms with van der Waals surface area (Å²) in [5, 5.41) is 7.20. The van der Waals surface area contributed by atoms with E-state index in [1.54, 1.807) is 4.68 Å². The molecule has 1 N–H and O–H groups in total. The zero-order chi connectivity index (χ0) is 13.5. The first-order valence-corrected chi connectivity index (χ1v) is 6.60. The molecule has 0 spiro atoms. The molecule has 0 aliphatic carbocycles. The van der Waals surface area contributed by atoms with E-state index in [4.69, 9.17) is 0 Å². The Balaban J connectivity index is 2.36. The Hall–Kier alpha value is -1.36. The summed E-state index contributed by atoms with van der Waals surface area (Å²) in [6, 6.07) is 1.65. The Bertz CT molecular complexity index is 371. The minimum absolute atomic E-state index is 0.0188. The van der Waals surface area contributed by atoms with Crippen molar-refractivity contribution in [3.05, 3.63) is 18.0 Å². The second-order valence-corrected chi connectivity index (χ2v) is 4.43. The van der Waals surface area contributed by atoms with E-state index < -0.39 is 0 Å². The lowest BCUT2D eigenvalue weighted by molar-refractivity contribution is -0.124. The Morgan fingerprint density at radius 2 is 2.17 bits per heavy atom. The van der Waals surface area contributed by atoms with Gasteiger partial charge in [0.2, 0.25) is 5.91 Å². The molecule has 0 aromatic carbocycles. The Labute approximate surface area is 109 Å². The maximum Gasteiger partial charge on any atom is 0.244 e. The summed E-state index contributed by atoms with van der Waals surface area (Å²) in [5.41, 5.74) is 0.929. The number of likely N-dealkylation sites (N-methyl/N-ethyl adjacent to an activating group) is 1. The van der Waals surface area contributed by atoms with Crippen molar-refractivity contribution in [3.63, 3.8) is 0 Å². The first kappa shape index (κ1) is 14.7. The van der Waals surface area contributed by atoms with Gasteiger partial charge < -0.3 is 10.2 Å². The molecule has 1 atom stereocenters. The fourth-order valence-electron chi connectivity index (χ4n) is 1.79.